The Bertz CT molecular complexity index is 1210. The Kier molecular flexibility index (Phi) is 6.39. The van der Waals surface area contributed by atoms with Gasteiger partial charge in [0, 0.05) is 12.5 Å². The van der Waals surface area contributed by atoms with E-state index in [4.69, 9.17) is 14.6 Å². The molecule has 0 bridgehead atoms. The van der Waals surface area contributed by atoms with E-state index in [1.807, 2.05) is 36.7 Å². The van der Waals surface area contributed by atoms with E-state index in [1.165, 1.54) is 11.1 Å². The Morgan fingerprint density at radius 3 is 2.71 bits per heavy atom. The normalized spacial score (nSPS) is 19.3. The van der Waals surface area contributed by atoms with Crippen molar-refractivity contribution in [3.63, 3.8) is 0 Å². The molecule has 2 heterocycles. The minimum Gasteiger partial charge on any atom is -0.493 e. The molecule has 176 valence electrons. The zero-order valence-electron chi connectivity index (χ0n) is 19.7. The van der Waals surface area contributed by atoms with Gasteiger partial charge in [-0.05, 0) is 60.2 Å². The van der Waals surface area contributed by atoms with Gasteiger partial charge < -0.3 is 9.47 Å². The van der Waals surface area contributed by atoms with Crippen LogP contribution in [0.2, 0.25) is 0 Å². The first kappa shape index (κ1) is 22.6. The highest BCUT2D eigenvalue weighted by molar-refractivity contribution is 7.12. The Balaban J connectivity index is 1.41. The Hall–Kier alpha value is -3.16. The lowest BCUT2D eigenvalue weighted by molar-refractivity contribution is -0.134. The van der Waals surface area contributed by atoms with Crippen LogP contribution in [0.25, 0.3) is 0 Å². The standard InChI is InChI=1S/C27H29N3O3S/c1-29(22-12-10-18-7-4-5-8-20(18)22)17-27(31)30-23(16-21(28-30)26-9-6-14-34-26)19-11-13-24(32-2)25(15-19)33-3/h4-9,11,13-15,22-23H,10,12,16-17H2,1-3H3/t22-,23+/m1/s1. The number of likely N-dealkylation sites (N-methyl/N-ethyl adjacent to an activating group) is 1. The summed E-state index contributed by atoms with van der Waals surface area (Å²) < 4.78 is 10.9. The maximum atomic E-state index is 13.6. The molecule has 1 aliphatic heterocycles. The van der Waals surface area contributed by atoms with Gasteiger partial charge in [-0.1, -0.05) is 36.4 Å². The van der Waals surface area contributed by atoms with Crippen LogP contribution in [0.5, 0.6) is 11.5 Å². The molecule has 1 aromatic heterocycles. The molecule has 0 saturated heterocycles. The first-order valence-electron chi connectivity index (χ1n) is 11.5. The lowest BCUT2D eigenvalue weighted by Crippen LogP contribution is -2.37. The van der Waals surface area contributed by atoms with Crippen molar-refractivity contribution in [3.05, 3.63) is 81.5 Å². The maximum absolute atomic E-state index is 13.6. The molecule has 1 amide bonds. The molecule has 0 fully saturated rings. The number of aryl methyl sites for hydroxylation is 1. The molecule has 6 nitrogen and oxygen atoms in total. The maximum Gasteiger partial charge on any atom is 0.257 e. The number of carbonyl (C=O) groups excluding carboxylic acids is 1. The molecule has 5 rings (SSSR count). The molecule has 0 radical (unpaired) electrons. The van der Waals surface area contributed by atoms with Crippen molar-refractivity contribution < 1.29 is 14.3 Å². The average molecular weight is 476 g/mol. The van der Waals surface area contributed by atoms with Gasteiger partial charge in [0.05, 0.1) is 37.4 Å². The SMILES string of the molecule is COc1ccc([C@@H]2CC(c3cccs3)=NN2C(=O)CN(C)[C@@H]2CCc3ccccc32)cc1OC. The molecule has 2 atom stereocenters. The van der Waals surface area contributed by atoms with Crippen molar-refractivity contribution >= 4 is 23.0 Å². The number of hydrazone groups is 1. The van der Waals surface area contributed by atoms with Gasteiger partial charge in [0.15, 0.2) is 11.5 Å². The zero-order valence-corrected chi connectivity index (χ0v) is 20.5. The summed E-state index contributed by atoms with van der Waals surface area (Å²) >= 11 is 1.65. The van der Waals surface area contributed by atoms with Crippen LogP contribution in [-0.2, 0) is 11.2 Å². The van der Waals surface area contributed by atoms with Crippen LogP contribution in [0.1, 0.15) is 46.5 Å². The van der Waals surface area contributed by atoms with Crippen molar-refractivity contribution in [2.45, 2.75) is 31.3 Å². The van der Waals surface area contributed by atoms with E-state index in [-0.39, 0.29) is 18.0 Å². The molecular formula is C27H29N3O3S. The molecule has 34 heavy (non-hydrogen) atoms. The second kappa shape index (κ2) is 9.60. The van der Waals surface area contributed by atoms with Crippen molar-refractivity contribution in [1.82, 2.24) is 9.91 Å². The number of hydrogen-bond donors (Lipinski definition) is 0. The van der Waals surface area contributed by atoms with Gasteiger partial charge in [0.1, 0.15) is 0 Å². The fraction of sp³-hybridized carbons (Fsp3) is 0.333. The minimum absolute atomic E-state index is 0.00165. The summed E-state index contributed by atoms with van der Waals surface area (Å²) in [5.41, 5.74) is 4.64. The molecular weight excluding hydrogens is 446 g/mol. The van der Waals surface area contributed by atoms with Crippen LogP contribution in [-0.4, -0.2) is 49.3 Å². The highest BCUT2D eigenvalue weighted by Crippen LogP contribution is 2.39. The fourth-order valence-electron chi connectivity index (χ4n) is 5.04. The monoisotopic (exact) mass is 475 g/mol. The fourth-order valence-corrected chi connectivity index (χ4v) is 5.76. The Morgan fingerprint density at radius 1 is 1.12 bits per heavy atom. The van der Waals surface area contributed by atoms with E-state index in [0.717, 1.165) is 29.0 Å². The second-order valence-electron chi connectivity index (χ2n) is 8.77. The number of benzene rings is 2. The first-order valence-corrected chi connectivity index (χ1v) is 12.4. The van der Waals surface area contributed by atoms with Crippen LogP contribution in [0.4, 0.5) is 0 Å². The number of amides is 1. The van der Waals surface area contributed by atoms with Gasteiger partial charge in [0.2, 0.25) is 0 Å². The third-order valence-electron chi connectivity index (χ3n) is 6.78. The third-order valence-corrected chi connectivity index (χ3v) is 7.70. The summed E-state index contributed by atoms with van der Waals surface area (Å²) in [7, 11) is 5.29. The number of nitrogens with zero attached hydrogens (tertiary/aromatic N) is 3. The van der Waals surface area contributed by atoms with E-state index in [0.29, 0.717) is 24.5 Å². The highest BCUT2D eigenvalue weighted by Gasteiger charge is 2.35. The zero-order chi connectivity index (χ0) is 23.7. The van der Waals surface area contributed by atoms with Gasteiger partial charge in [-0.25, -0.2) is 5.01 Å². The largest absolute Gasteiger partial charge is 0.493 e. The summed E-state index contributed by atoms with van der Waals surface area (Å²) in [5.74, 6) is 1.32. The van der Waals surface area contributed by atoms with E-state index in [2.05, 4.69) is 35.2 Å². The van der Waals surface area contributed by atoms with Gasteiger partial charge in [0.25, 0.3) is 5.91 Å². The highest BCUT2D eigenvalue weighted by atomic mass is 32.1. The van der Waals surface area contributed by atoms with E-state index < -0.39 is 0 Å². The van der Waals surface area contributed by atoms with E-state index in [1.54, 1.807) is 30.6 Å². The number of methoxy groups -OCH3 is 2. The van der Waals surface area contributed by atoms with Crippen LogP contribution in [0.3, 0.4) is 0 Å². The summed E-state index contributed by atoms with van der Waals surface area (Å²) in [6.45, 7) is 0.310. The smallest absolute Gasteiger partial charge is 0.257 e. The molecule has 0 saturated carbocycles. The number of fused-ring (bicyclic) bond motifs is 1. The molecule has 7 heteroatoms. The molecule has 3 aromatic rings. The lowest BCUT2D eigenvalue weighted by atomic mass is 10.0. The molecule has 1 aliphatic carbocycles. The second-order valence-corrected chi connectivity index (χ2v) is 9.71. The van der Waals surface area contributed by atoms with Crippen molar-refractivity contribution in [3.8, 4) is 11.5 Å². The van der Waals surface area contributed by atoms with E-state index >= 15 is 0 Å². The molecule has 0 unspecified atom stereocenters. The number of carbonyl (C=O) groups is 1. The van der Waals surface area contributed by atoms with Gasteiger partial charge in [-0.3, -0.25) is 9.69 Å². The van der Waals surface area contributed by atoms with Crippen LogP contribution < -0.4 is 9.47 Å². The predicted molar refractivity (Wildman–Crippen MR) is 135 cm³/mol. The lowest BCUT2D eigenvalue weighted by Gasteiger charge is -2.28. The summed E-state index contributed by atoms with van der Waals surface area (Å²) in [6, 6.07) is 18.5. The number of thiophene rings is 1. The summed E-state index contributed by atoms with van der Waals surface area (Å²) in [6.07, 6.45) is 2.75. The summed E-state index contributed by atoms with van der Waals surface area (Å²) in [4.78, 5) is 16.9. The number of hydrogen-bond acceptors (Lipinski definition) is 6. The Labute approximate surface area is 204 Å². The van der Waals surface area contributed by atoms with Gasteiger partial charge in [-0.15, -0.1) is 11.3 Å². The number of ether oxygens (including phenoxy) is 2. The summed E-state index contributed by atoms with van der Waals surface area (Å²) in [5, 5.41) is 8.54. The first-order chi connectivity index (χ1) is 16.6. The van der Waals surface area contributed by atoms with Crippen molar-refractivity contribution in [2.24, 2.45) is 5.10 Å². The molecule has 2 aromatic carbocycles. The van der Waals surface area contributed by atoms with Crippen molar-refractivity contribution in [2.75, 3.05) is 27.8 Å². The molecule has 0 spiro atoms. The average Bonchev–Trinajstić information content (AvgIpc) is 3.62. The van der Waals surface area contributed by atoms with Crippen LogP contribution >= 0.6 is 11.3 Å². The van der Waals surface area contributed by atoms with E-state index in [9.17, 15) is 4.79 Å². The third kappa shape index (κ3) is 4.21. The van der Waals surface area contributed by atoms with Gasteiger partial charge >= 0.3 is 0 Å². The molecule has 0 N–H and O–H groups in total. The minimum atomic E-state index is -0.186. The van der Waals surface area contributed by atoms with Crippen LogP contribution in [0, 0.1) is 0 Å². The quantitative estimate of drug-likeness (QED) is 0.479. The predicted octanol–water partition coefficient (Wildman–Crippen LogP) is 5.06. The van der Waals surface area contributed by atoms with Crippen molar-refractivity contribution in [1.29, 1.82) is 0 Å². The molecule has 2 aliphatic rings. The Morgan fingerprint density at radius 2 is 1.94 bits per heavy atom. The number of rotatable bonds is 7. The topological polar surface area (TPSA) is 54.4 Å². The van der Waals surface area contributed by atoms with Gasteiger partial charge in [-0.2, -0.15) is 5.10 Å². The van der Waals surface area contributed by atoms with Crippen LogP contribution in [0.15, 0.2) is 65.1 Å².